The molecule has 0 saturated heterocycles. The van der Waals surface area contributed by atoms with Gasteiger partial charge >= 0.3 is 5.97 Å². The molecule has 1 N–H and O–H groups in total. The summed E-state index contributed by atoms with van der Waals surface area (Å²) in [4.78, 5) is 24.8. The molecule has 19 heavy (non-hydrogen) atoms. The van der Waals surface area contributed by atoms with Crippen LogP contribution in [0.4, 0.5) is 0 Å². The molecule has 0 saturated carbocycles. The van der Waals surface area contributed by atoms with Crippen LogP contribution in [0.5, 0.6) is 0 Å². The van der Waals surface area contributed by atoms with Crippen molar-refractivity contribution in [3.8, 4) is 0 Å². The highest BCUT2D eigenvalue weighted by Gasteiger charge is 2.09. The number of amides is 1. The van der Waals surface area contributed by atoms with Crippen molar-refractivity contribution in [2.24, 2.45) is 0 Å². The summed E-state index contributed by atoms with van der Waals surface area (Å²) in [5.74, 6) is -0.808. The number of carbonyl (C=O) groups is 2. The summed E-state index contributed by atoms with van der Waals surface area (Å²) in [6.45, 7) is 2.63. The standard InChI is InChI=1S/C14H19NO3S/c1-3-4-5-13(16)15(2)9-11-8-12(19-10-11)6-7-14(17)18/h6-8,10H,3-5,9H2,1-2H3,(H,17,18). The van der Waals surface area contributed by atoms with Crippen LogP contribution in [0, 0.1) is 0 Å². The summed E-state index contributed by atoms with van der Waals surface area (Å²) in [5.41, 5.74) is 1.03. The van der Waals surface area contributed by atoms with Gasteiger partial charge < -0.3 is 10.0 Å². The van der Waals surface area contributed by atoms with Gasteiger partial charge in [-0.2, -0.15) is 0 Å². The van der Waals surface area contributed by atoms with Crippen LogP contribution >= 0.6 is 11.3 Å². The second kappa shape index (κ2) is 7.74. The van der Waals surface area contributed by atoms with E-state index in [1.165, 1.54) is 11.3 Å². The van der Waals surface area contributed by atoms with Gasteiger partial charge in [0, 0.05) is 31.0 Å². The second-order valence-electron chi connectivity index (χ2n) is 4.38. The molecule has 1 amide bonds. The SMILES string of the molecule is CCCCC(=O)N(C)Cc1csc(C=CC(=O)O)c1. The number of hydrogen-bond donors (Lipinski definition) is 1. The Kier molecular flexibility index (Phi) is 6.29. The molecule has 0 radical (unpaired) electrons. The summed E-state index contributed by atoms with van der Waals surface area (Å²) in [7, 11) is 1.79. The van der Waals surface area contributed by atoms with Gasteiger partial charge in [-0.15, -0.1) is 11.3 Å². The molecule has 0 atom stereocenters. The fraction of sp³-hybridized carbons (Fsp3) is 0.429. The molecule has 4 nitrogen and oxygen atoms in total. The first-order valence-corrected chi connectivity index (χ1v) is 7.13. The highest BCUT2D eigenvalue weighted by molar-refractivity contribution is 7.11. The van der Waals surface area contributed by atoms with Gasteiger partial charge in [0.1, 0.15) is 0 Å². The van der Waals surface area contributed by atoms with E-state index in [9.17, 15) is 9.59 Å². The maximum atomic E-state index is 11.8. The topological polar surface area (TPSA) is 57.6 Å². The van der Waals surface area contributed by atoms with Crippen molar-refractivity contribution in [2.75, 3.05) is 7.05 Å². The predicted octanol–water partition coefficient (Wildman–Crippen LogP) is 2.99. The van der Waals surface area contributed by atoms with E-state index in [1.807, 2.05) is 11.4 Å². The second-order valence-corrected chi connectivity index (χ2v) is 5.33. The number of carboxylic acids is 1. The van der Waals surface area contributed by atoms with Gasteiger partial charge in [-0.05, 0) is 29.5 Å². The number of carboxylic acid groups (broad SMARTS) is 1. The third-order valence-corrected chi connectivity index (χ3v) is 3.60. The molecule has 1 heterocycles. The highest BCUT2D eigenvalue weighted by Crippen LogP contribution is 2.18. The highest BCUT2D eigenvalue weighted by atomic mass is 32.1. The Morgan fingerprint density at radius 3 is 2.84 bits per heavy atom. The Bertz CT molecular complexity index is 465. The summed E-state index contributed by atoms with van der Waals surface area (Å²) in [6, 6.07) is 1.91. The van der Waals surface area contributed by atoms with Crippen molar-refractivity contribution < 1.29 is 14.7 Å². The van der Waals surface area contributed by atoms with Crippen molar-refractivity contribution in [1.82, 2.24) is 4.90 Å². The lowest BCUT2D eigenvalue weighted by Gasteiger charge is -2.16. The van der Waals surface area contributed by atoms with E-state index < -0.39 is 5.97 Å². The number of carbonyl (C=O) groups excluding carboxylic acids is 1. The van der Waals surface area contributed by atoms with Crippen LogP contribution in [0.2, 0.25) is 0 Å². The first-order valence-electron chi connectivity index (χ1n) is 6.25. The largest absolute Gasteiger partial charge is 0.478 e. The zero-order valence-corrected chi connectivity index (χ0v) is 12.1. The van der Waals surface area contributed by atoms with Crippen LogP contribution in [-0.4, -0.2) is 28.9 Å². The lowest BCUT2D eigenvalue weighted by molar-refractivity contribution is -0.131. The van der Waals surface area contributed by atoms with Crippen molar-refractivity contribution in [3.63, 3.8) is 0 Å². The summed E-state index contributed by atoms with van der Waals surface area (Å²) >= 11 is 1.47. The van der Waals surface area contributed by atoms with E-state index in [0.29, 0.717) is 13.0 Å². The molecule has 0 bridgehead atoms. The van der Waals surface area contributed by atoms with Gasteiger partial charge in [0.15, 0.2) is 0 Å². The Morgan fingerprint density at radius 1 is 1.47 bits per heavy atom. The van der Waals surface area contributed by atoms with Crippen LogP contribution in [-0.2, 0) is 16.1 Å². The average molecular weight is 281 g/mol. The molecule has 0 fully saturated rings. The van der Waals surface area contributed by atoms with Crippen molar-refractivity contribution >= 4 is 29.3 Å². The van der Waals surface area contributed by atoms with E-state index in [2.05, 4.69) is 6.92 Å². The first kappa shape index (κ1) is 15.4. The van der Waals surface area contributed by atoms with E-state index >= 15 is 0 Å². The lowest BCUT2D eigenvalue weighted by atomic mass is 10.2. The Labute approximate surface area is 117 Å². The number of rotatable bonds is 7. The van der Waals surface area contributed by atoms with Gasteiger partial charge in [0.2, 0.25) is 5.91 Å². The third kappa shape index (κ3) is 5.70. The summed E-state index contributed by atoms with van der Waals surface area (Å²) in [6.07, 6.45) is 5.20. The molecule has 0 aliphatic heterocycles. The predicted molar refractivity (Wildman–Crippen MR) is 77.0 cm³/mol. The van der Waals surface area contributed by atoms with E-state index in [1.54, 1.807) is 18.0 Å². The summed E-state index contributed by atoms with van der Waals surface area (Å²) in [5, 5.41) is 10.5. The van der Waals surface area contributed by atoms with E-state index in [0.717, 1.165) is 29.4 Å². The van der Waals surface area contributed by atoms with Gasteiger partial charge in [0.25, 0.3) is 0 Å². The molecular weight excluding hydrogens is 262 g/mol. The number of unbranched alkanes of at least 4 members (excludes halogenated alkanes) is 1. The van der Waals surface area contributed by atoms with Gasteiger partial charge in [-0.25, -0.2) is 4.79 Å². The molecular formula is C14H19NO3S. The molecule has 0 aromatic carbocycles. The van der Waals surface area contributed by atoms with Crippen LogP contribution in [0.1, 0.15) is 36.6 Å². The smallest absolute Gasteiger partial charge is 0.328 e. The number of nitrogens with zero attached hydrogens (tertiary/aromatic N) is 1. The minimum Gasteiger partial charge on any atom is -0.478 e. The van der Waals surface area contributed by atoms with Crippen LogP contribution < -0.4 is 0 Å². The molecule has 5 heteroatoms. The fourth-order valence-electron chi connectivity index (χ4n) is 1.60. The maximum absolute atomic E-state index is 11.8. The Morgan fingerprint density at radius 2 is 2.21 bits per heavy atom. The van der Waals surface area contributed by atoms with Gasteiger partial charge in [0.05, 0.1) is 0 Å². The van der Waals surface area contributed by atoms with Crippen molar-refractivity contribution in [1.29, 1.82) is 0 Å². The summed E-state index contributed by atoms with van der Waals surface area (Å²) < 4.78 is 0. The molecule has 104 valence electrons. The number of aliphatic carboxylic acids is 1. The Hall–Kier alpha value is -1.62. The molecule has 1 aromatic rings. The maximum Gasteiger partial charge on any atom is 0.328 e. The van der Waals surface area contributed by atoms with Crippen molar-refractivity contribution in [2.45, 2.75) is 32.7 Å². The monoisotopic (exact) mass is 281 g/mol. The van der Waals surface area contributed by atoms with Crippen molar-refractivity contribution in [3.05, 3.63) is 28.0 Å². The molecule has 1 aromatic heterocycles. The third-order valence-electron chi connectivity index (χ3n) is 2.65. The molecule has 0 unspecified atom stereocenters. The normalized spacial score (nSPS) is 10.8. The van der Waals surface area contributed by atoms with E-state index in [4.69, 9.17) is 5.11 Å². The van der Waals surface area contributed by atoms with Crippen LogP contribution in [0.3, 0.4) is 0 Å². The van der Waals surface area contributed by atoms with E-state index in [-0.39, 0.29) is 5.91 Å². The zero-order chi connectivity index (χ0) is 14.3. The quantitative estimate of drug-likeness (QED) is 0.782. The minimum atomic E-state index is -0.957. The Balaban J connectivity index is 2.53. The van der Waals surface area contributed by atoms with Gasteiger partial charge in [-0.3, -0.25) is 4.79 Å². The zero-order valence-electron chi connectivity index (χ0n) is 11.3. The van der Waals surface area contributed by atoms with Crippen LogP contribution in [0.25, 0.3) is 6.08 Å². The molecule has 0 aliphatic carbocycles. The van der Waals surface area contributed by atoms with Gasteiger partial charge in [-0.1, -0.05) is 13.3 Å². The number of thiophene rings is 1. The first-order chi connectivity index (χ1) is 9.02. The molecule has 0 aliphatic rings. The number of hydrogen-bond acceptors (Lipinski definition) is 3. The fourth-order valence-corrected chi connectivity index (χ4v) is 2.40. The minimum absolute atomic E-state index is 0.149. The molecule has 1 rings (SSSR count). The van der Waals surface area contributed by atoms with Crippen LogP contribution in [0.15, 0.2) is 17.5 Å². The lowest BCUT2D eigenvalue weighted by Crippen LogP contribution is -2.25. The average Bonchev–Trinajstić information content (AvgIpc) is 2.81. The molecule has 0 spiro atoms.